The minimum atomic E-state index is 0.0526. The summed E-state index contributed by atoms with van der Waals surface area (Å²) in [6.07, 6.45) is 7.59. The molecule has 3 nitrogen and oxygen atoms in total. The van der Waals surface area contributed by atoms with Crippen LogP contribution in [0.2, 0.25) is 0 Å². The standard InChI is InChI=1S/C18H26N2O/c19-17-8-4-7-16(17)18(21)20-15-11-9-14(10-12-15)13-5-2-1-3-6-13/h1-3,5-6,14-17H,4,7-12,19H2,(H,20,21). The Balaban J connectivity index is 1.49. The maximum Gasteiger partial charge on any atom is 0.224 e. The summed E-state index contributed by atoms with van der Waals surface area (Å²) in [5, 5.41) is 3.24. The second-order valence-corrected chi connectivity index (χ2v) is 6.67. The van der Waals surface area contributed by atoms with Crippen LogP contribution in [0.4, 0.5) is 0 Å². The van der Waals surface area contributed by atoms with Crippen molar-refractivity contribution in [3.63, 3.8) is 0 Å². The van der Waals surface area contributed by atoms with Crippen LogP contribution in [-0.4, -0.2) is 18.0 Å². The Morgan fingerprint density at radius 2 is 1.71 bits per heavy atom. The summed E-state index contributed by atoms with van der Waals surface area (Å²) in [5.74, 6) is 0.910. The van der Waals surface area contributed by atoms with Gasteiger partial charge in [-0.3, -0.25) is 4.79 Å². The highest BCUT2D eigenvalue weighted by molar-refractivity contribution is 5.80. The Morgan fingerprint density at radius 1 is 1.00 bits per heavy atom. The largest absolute Gasteiger partial charge is 0.353 e. The number of amides is 1. The van der Waals surface area contributed by atoms with Gasteiger partial charge in [0.1, 0.15) is 0 Å². The summed E-state index contributed by atoms with van der Waals surface area (Å²) >= 11 is 0. The van der Waals surface area contributed by atoms with Crippen LogP contribution in [0.1, 0.15) is 56.4 Å². The van der Waals surface area contributed by atoms with Gasteiger partial charge in [-0.05, 0) is 50.0 Å². The molecule has 2 saturated carbocycles. The van der Waals surface area contributed by atoms with Crippen molar-refractivity contribution < 1.29 is 4.79 Å². The van der Waals surface area contributed by atoms with Gasteiger partial charge in [0.15, 0.2) is 0 Å². The highest BCUT2D eigenvalue weighted by Crippen LogP contribution is 2.33. The average Bonchev–Trinajstić information content (AvgIpc) is 2.95. The minimum Gasteiger partial charge on any atom is -0.353 e. The van der Waals surface area contributed by atoms with E-state index in [1.165, 1.54) is 18.4 Å². The highest BCUT2D eigenvalue weighted by atomic mass is 16.2. The van der Waals surface area contributed by atoms with E-state index in [1.54, 1.807) is 0 Å². The Kier molecular flexibility index (Phi) is 4.59. The van der Waals surface area contributed by atoms with Crippen LogP contribution in [0.5, 0.6) is 0 Å². The van der Waals surface area contributed by atoms with Crippen LogP contribution in [-0.2, 0) is 4.79 Å². The molecule has 3 heteroatoms. The number of hydrogen-bond acceptors (Lipinski definition) is 2. The number of carbonyl (C=O) groups is 1. The van der Waals surface area contributed by atoms with Gasteiger partial charge < -0.3 is 11.1 Å². The third-order valence-corrected chi connectivity index (χ3v) is 5.25. The molecule has 3 N–H and O–H groups in total. The van der Waals surface area contributed by atoms with Crippen LogP contribution < -0.4 is 11.1 Å². The molecule has 1 aromatic rings. The van der Waals surface area contributed by atoms with Gasteiger partial charge in [0.25, 0.3) is 0 Å². The zero-order chi connectivity index (χ0) is 14.7. The molecule has 0 aromatic heterocycles. The highest BCUT2D eigenvalue weighted by Gasteiger charge is 2.32. The van der Waals surface area contributed by atoms with Crippen molar-refractivity contribution in [2.75, 3.05) is 0 Å². The number of nitrogens with one attached hydrogen (secondary N) is 1. The summed E-state index contributed by atoms with van der Waals surface area (Å²) in [4.78, 5) is 12.3. The zero-order valence-electron chi connectivity index (χ0n) is 12.6. The van der Waals surface area contributed by atoms with E-state index in [9.17, 15) is 4.79 Å². The summed E-state index contributed by atoms with van der Waals surface area (Å²) in [6, 6.07) is 11.2. The van der Waals surface area contributed by atoms with Crippen molar-refractivity contribution in [1.82, 2.24) is 5.32 Å². The molecular formula is C18H26N2O. The molecule has 114 valence electrons. The molecule has 1 aromatic carbocycles. The average molecular weight is 286 g/mol. The third-order valence-electron chi connectivity index (χ3n) is 5.25. The lowest BCUT2D eigenvalue weighted by molar-refractivity contribution is -0.126. The van der Waals surface area contributed by atoms with E-state index in [0.29, 0.717) is 12.0 Å². The fraction of sp³-hybridized carbons (Fsp3) is 0.611. The van der Waals surface area contributed by atoms with Crippen LogP contribution >= 0.6 is 0 Å². The number of rotatable bonds is 3. The van der Waals surface area contributed by atoms with Gasteiger partial charge in [0.05, 0.1) is 5.92 Å². The van der Waals surface area contributed by atoms with Crippen molar-refractivity contribution in [1.29, 1.82) is 0 Å². The zero-order valence-corrected chi connectivity index (χ0v) is 12.6. The molecule has 2 aliphatic carbocycles. The fourth-order valence-corrected chi connectivity index (χ4v) is 3.92. The predicted octanol–water partition coefficient (Wildman–Crippen LogP) is 2.96. The van der Waals surface area contributed by atoms with Gasteiger partial charge in [0, 0.05) is 12.1 Å². The quantitative estimate of drug-likeness (QED) is 0.897. The molecule has 0 heterocycles. The Bertz CT molecular complexity index is 465. The first kappa shape index (κ1) is 14.6. The topological polar surface area (TPSA) is 55.1 Å². The van der Waals surface area contributed by atoms with Gasteiger partial charge in [-0.1, -0.05) is 36.8 Å². The first-order valence-electron chi connectivity index (χ1n) is 8.35. The number of carbonyl (C=O) groups excluding carboxylic acids is 1. The summed E-state index contributed by atoms with van der Waals surface area (Å²) in [5.41, 5.74) is 7.47. The Morgan fingerprint density at radius 3 is 2.33 bits per heavy atom. The first-order valence-corrected chi connectivity index (χ1v) is 8.35. The lowest BCUT2D eigenvalue weighted by atomic mass is 9.81. The van der Waals surface area contributed by atoms with E-state index < -0.39 is 0 Å². The van der Waals surface area contributed by atoms with E-state index in [2.05, 4.69) is 35.6 Å². The van der Waals surface area contributed by atoms with Gasteiger partial charge in [-0.15, -0.1) is 0 Å². The van der Waals surface area contributed by atoms with E-state index in [4.69, 9.17) is 5.73 Å². The number of nitrogens with two attached hydrogens (primary N) is 1. The van der Waals surface area contributed by atoms with Gasteiger partial charge in [-0.25, -0.2) is 0 Å². The SMILES string of the molecule is NC1CCCC1C(=O)NC1CCC(c2ccccc2)CC1. The van der Waals surface area contributed by atoms with Gasteiger partial charge in [0.2, 0.25) is 5.91 Å². The lowest BCUT2D eigenvalue weighted by Gasteiger charge is -2.30. The summed E-state index contributed by atoms with van der Waals surface area (Å²) in [6.45, 7) is 0. The number of hydrogen-bond donors (Lipinski definition) is 2. The summed E-state index contributed by atoms with van der Waals surface area (Å²) < 4.78 is 0. The first-order chi connectivity index (χ1) is 10.2. The normalized spacial score (nSPS) is 32.8. The third kappa shape index (κ3) is 3.46. The molecule has 0 aliphatic heterocycles. The van der Waals surface area contributed by atoms with E-state index >= 15 is 0 Å². The number of benzene rings is 1. The lowest BCUT2D eigenvalue weighted by Crippen LogP contribution is -2.44. The predicted molar refractivity (Wildman–Crippen MR) is 84.9 cm³/mol. The van der Waals surface area contributed by atoms with Crippen LogP contribution in [0, 0.1) is 5.92 Å². The maximum absolute atomic E-state index is 12.3. The van der Waals surface area contributed by atoms with Crippen molar-refractivity contribution >= 4 is 5.91 Å². The molecule has 3 rings (SSSR count). The molecule has 2 atom stereocenters. The van der Waals surface area contributed by atoms with Crippen LogP contribution in [0.25, 0.3) is 0 Å². The monoisotopic (exact) mass is 286 g/mol. The molecule has 2 fully saturated rings. The molecule has 0 saturated heterocycles. The molecule has 0 spiro atoms. The second-order valence-electron chi connectivity index (χ2n) is 6.67. The molecule has 2 aliphatic rings. The van der Waals surface area contributed by atoms with E-state index in [0.717, 1.165) is 32.1 Å². The fourth-order valence-electron chi connectivity index (χ4n) is 3.92. The maximum atomic E-state index is 12.3. The van der Waals surface area contributed by atoms with Crippen molar-refractivity contribution in [2.24, 2.45) is 11.7 Å². The van der Waals surface area contributed by atoms with Crippen molar-refractivity contribution in [2.45, 2.75) is 62.9 Å². The molecular weight excluding hydrogens is 260 g/mol. The van der Waals surface area contributed by atoms with Crippen molar-refractivity contribution in [3.8, 4) is 0 Å². The molecule has 0 radical (unpaired) electrons. The van der Waals surface area contributed by atoms with E-state index in [1.807, 2.05) is 0 Å². The van der Waals surface area contributed by atoms with Crippen molar-refractivity contribution in [3.05, 3.63) is 35.9 Å². The second kappa shape index (κ2) is 6.61. The van der Waals surface area contributed by atoms with Crippen LogP contribution in [0.3, 0.4) is 0 Å². The molecule has 2 unspecified atom stereocenters. The Labute approximate surface area is 127 Å². The van der Waals surface area contributed by atoms with Gasteiger partial charge >= 0.3 is 0 Å². The van der Waals surface area contributed by atoms with E-state index in [-0.39, 0.29) is 17.9 Å². The summed E-state index contributed by atoms with van der Waals surface area (Å²) in [7, 11) is 0. The van der Waals surface area contributed by atoms with Crippen LogP contribution in [0.15, 0.2) is 30.3 Å². The minimum absolute atomic E-state index is 0.0526. The molecule has 0 bridgehead atoms. The molecule has 21 heavy (non-hydrogen) atoms. The Hall–Kier alpha value is -1.35. The smallest absolute Gasteiger partial charge is 0.224 e. The molecule has 1 amide bonds. The van der Waals surface area contributed by atoms with Gasteiger partial charge in [-0.2, -0.15) is 0 Å².